The summed E-state index contributed by atoms with van der Waals surface area (Å²) >= 11 is 2.15. The van der Waals surface area contributed by atoms with Crippen LogP contribution < -0.4 is 0 Å². The molecule has 0 radical (unpaired) electrons. The van der Waals surface area contributed by atoms with Crippen molar-refractivity contribution >= 4 is 40.6 Å². The molecule has 0 aliphatic carbocycles. The highest BCUT2D eigenvalue weighted by atomic mass is 32.2. The predicted octanol–water partition coefficient (Wildman–Crippen LogP) is 2.53. The Kier molecular flexibility index (Phi) is 4.36. The van der Waals surface area contributed by atoms with Crippen LogP contribution in [0.15, 0.2) is 40.3 Å². The highest BCUT2D eigenvalue weighted by Gasteiger charge is 2.49. The van der Waals surface area contributed by atoms with Crippen molar-refractivity contribution < 1.29 is 19.5 Å². The summed E-state index contributed by atoms with van der Waals surface area (Å²) in [6.07, 6.45) is 0.319. The van der Waals surface area contributed by atoms with Crippen molar-refractivity contribution in [3.05, 3.63) is 45.8 Å². The van der Waals surface area contributed by atoms with Gasteiger partial charge < -0.3 is 10.0 Å². The molecule has 1 N–H and O–H groups in total. The summed E-state index contributed by atoms with van der Waals surface area (Å²) in [5, 5.41) is 8.88. The Bertz CT molecular complexity index is 705. The van der Waals surface area contributed by atoms with E-state index in [-0.39, 0.29) is 22.2 Å². The molecule has 1 aromatic rings. The number of nitrogens with zero attached hydrogens (tertiary/aromatic N) is 2. The van der Waals surface area contributed by atoms with Gasteiger partial charge in [-0.2, -0.15) is 0 Å². The lowest BCUT2D eigenvalue weighted by Gasteiger charge is -2.33. The highest BCUT2D eigenvalue weighted by molar-refractivity contribution is 8.29. The Morgan fingerprint density at radius 1 is 1.39 bits per heavy atom. The number of hydrogen-bond acceptors (Lipinski definition) is 5. The molecule has 0 aromatic heterocycles. The normalized spacial score (nSPS) is 19.4. The molecule has 2 aliphatic heterocycles. The fraction of sp³-hybridized carbons (Fsp3) is 0.267. The Hall–Kier alpha value is -1.93. The first-order valence-electron chi connectivity index (χ1n) is 6.90. The number of carboxylic acids is 1. The molecule has 0 unspecified atom stereocenters. The van der Waals surface area contributed by atoms with E-state index in [1.54, 1.807) is 7.05 Å². The van der Waals surface area contributed by atoms with Crippen LogP contribution in [0.5, 0.6) is 0 Å². The molecular formula is C15H14N2O4S2. The lowest BCUT2D eigenvalue weighted by Crippen LogP contribution is -2.48. The number of rotatable bonds is 4. The van der Waals surface area contributed by atoms with E-state index in [2.05, 4.69) is 0 Å². The van der Waals surface area contributed by atoms with E-state index in [0.29, 0.717) is 17.2 Å². The van der Waals surface area contributed by atoms with Crippen LogP contribution in [0.1, 0.15) is 12.0 Å². The zero-order valence-corrected chi connectivity index (χ0v) is 13.9. The monoisotopic (exact) mass is 350 g/mol. The molecule has 0 saturated carbocycles. The van der Waals surface area contributed by atoms with Crippen LogP contribution in [0.25, 0.3) is 0 Å². The molecule has 3 rings (SSSR count). The summed E-state index contributed by atoms with van der Waals surface area (Å²) in [6.45, 7) is 0.444. The predicted molar refractivity (Wildman–Crippen MR) is 88.4 cm³/mol. The maximum Gasteiger partial charge on any atom is 0.354 e. The Morgan fingerprint density at radius 2 is 2.09 bits per heavy atom. The Morgan fingerprint density at radius 3 is 2.70 bits per heavy atom. The second-order valence-corrected chi connectivity index (χ2v) is 7.60. The standard InChI is InChI=1S/C15H14N2O4S2/c1-16(8-9-5-3-2-4-6-9)15(21)23-14-12(13(19)20)17-10(18)7-11(17)22-14/h2-6,11H,7-8H2,1H3,(H,19,20)/t11-/m1/s1. The quantitative estimate of drug-likeness (QED) is 0.841. The van der Waals surface area contributed by atoms with Gasteiger partial charge in [0.05, 0.1) is 16.0 Å². The van der Waals surface area contributed by atoms with Crippen LogP contribution in [0.4, 0.5) is 4.79 Å². The van der Waals surface area contributed by atoms with Crippen molar-refractivity contribution in [3.8, 4) is 0 Å². The number of thioether (sulfide) groups is 2. The van der Waals surface area contributed by atoms with Crippen molar-refractivity contribution in [2.75, 3.05) is 7.05 Å². The minimum Gasteiger partial charge on any atom is -0.477 e. The minimum absolute atomic E-state index is 0.0669. The molecule has 2 aliphatic rings. The third-order valence-electron chi connectivity index (χ3n) is 3.54. The molecule has 6 nitrogen and oxygen atoms in total. The van der Waals surface area contributed by atoms with Crippen molar-refractivity contribution in [1.29, 1.82) is 0 Å². The molecule has 0 spiro atoms. The first kappa shape index (κ1) is 15.9. The van der Waals surface area contributed by atoms with Crippen molar-refractivity contribution in [1.82, 2.24) is 9.80 Å². The molecule has 1 atom stereocenters. The zero-order valence-electron chi connectivity index (χ0n) is 12.3. The summed E-state index contributed by atoms with van der Waals surface area (Å²) < 4.78 is 0.387. The van der Waals surface area contributed by atoms with E-state index in [0.717, 1.165) is 17.3 Å². The highest BCUT2D eigenvalue weighted by Crippen LogP contribution is 2.50. The lowest BCUT2D eigenvalue weighted by molar-refractivity contribution is -0.145. The number of β-lactam (4-membered cyclic amide) rings is 1. The number of fused-ring (bicyclic) bond motifs is 1. The van der Waals surface area contributed by atoms with Crippen LogP contribution >= 0.6 is 23.5 Å². The van der Waals surface area contributed by atoms with Gasteiger partial charge in [0.1, 0.15) is 0 Å². The lowest BCUT2D eigenvalue weighted by atomic mass is 10.2. The molecule has 2 heterocycles. The van der Waals surface area contributed by atoms with Crippen LogP contribution in [0, 0.1) is 0 Å². The van der Waals surface area contributed by atoms with Crippen LogP contribution in [-0.4, -0.2) is 44.4 Å². The molecule has 23 heavy (non-hydrogen) atoms. The average Bonchev–Trinajstić information content (AvgIpc) is 2.80. The third-order valence-corrected chi connectivity index (χ3v) is 6.00. The SMILES string of the molecule is CN(Cc1ccccc1)C(=O)SC1=C(C(=O)O)N2C(=O)C[C@H]2S1. The van der Waals surface area contributed by atoms with Gasteiger partial charge in [-0.15, -0.1) is 0 Å². The van der Waals surface area contributed by atoms with E-state index >= 15 is 0 Å². The molecule has 2 amide bonds. The molecule has 1 saturated heterocycles. The van der Waals surface area contributed by atoms with E-state index in [9.17, 15) is 19.5 Å². The molecule has 1 aromatic carbocycles. The number of carboxylic acid groups (broad SMARTS) is 1. The maximum atomic E-state index is 12.3. The van der Waals surface area contributed by atoms with Gasteiger partial charge >= 0.3 is 5.97 Å². The average molecular weight is 350 g/mol. The number of amides is 2. The molecule has 1 fully saturated rings. The van der Waals surface area contributed by atoms with Crippen molar-refractivity contribution in [3.63, 3.8) is 0 Å². The largest absolute Gasteiger partial charge is 0.477 e. The second kappa shape index (κ2) is 6.29. The summed E-state index contributed by atoms with van der Waals surface area (Å²) in [5.74, 6) is -1.38. The number of carbonyl (C=O) groups is 3. The van der Waals surface area contributed by atoms with Gasteiger partial charge in [-0.25, -0.2) is 4.79 Å². The first-order valence-corrected chi connectivity index (χ1v) is 8.60. The summed E-state index contributed by atoms with van der Waals surface area (Å²) in [5.41, 5.74) is 0.928. The number of aliphatic carboxylic acids is 1. The molecule has 120 valence electrons. The molecular weight excluding hydrogens is 336 g/mol. The van der Waals surface area contributed by atoms with E-state index in [4.69, 9.17) is 0 Å². The Labute approximate surface area is 141 Å². The van der Waals surface area contributed by atoms with Gasteiger partial charge in [0.2, 0.25) is 5.91 Å². The van der Waals surface area contributed by atoms with Gasteiger partial charge in [0.15, 0.2) is 5.70 Å². The van der Waals surface area contributed by atoms with Crippen LogP contribution in [-0.2, 0) is 16.1 Å². The maximum absolute atomic E-state index is 12.3. The van der Waals surface area contributed by atoms with Crippen molar-refractivity contribution in [2.45, 2.75) is 18.3 Å². The summed E-state index contributed by atoms with van der Waals surface area (Å²) in [6, 6.07) is 9.54. The number of benzene rings is 1. The smallest absolute Gasteiger partial charge is 0.354 e. The molecule has 8 heteroatoms. The van der Waals surface area contributed by atoms with E-state index < -0.39 is 5.97 Å². The van der Waals surface area contributed by atoms with Gasteiger partial charge in [0, 0.05) is 13.6 Å². The van der Waals surface area contributed by atoms with Gasteiger partial charge in [0.25, 0.3) is 5.24 Å². The van der Waals surface area contributed by atoms with E-state index in [1.807, 2.05) is 30.3 Å². The fourth-order valence-electron chi connectivity index (χ4n) is 2.37. The van der Waals surface area contributed by atoms with Crippen LogP contribution in [0.2, 0.25) is 0 Å². The molecule has 0 bridgehead atoms. The topological polar surface area (TPSA) is 77.9 Å². The fourth-order valence-corrected chi connectivity index (χ4v) is 4.87. The second-order valence-electron chi connectivity index (χ2n) is 5.19. The van der Waals surface area contributed by atoms with Crippen LogP contribution in [0.3, 0.4) is 0 Å². The van der Waals surface area contributed by atoms with Gasteiger partial charge in [-0.05, 0) is 17.3 Å². The van der Waals surface area contributed by atoms with Crippen molar-refractivity contribution in [2.24, 2.45) is 0 Å². The minimum atomic E-state index is -1.17. The summed E-state index contributed by atoms with van der Waals surface area (Å²) in [7, 11) is 1.67. The summed E-state index contributed by atoms with van der Waals surface area (Å²) in [4.78, 5) is 38.1. The third kappa shape index (κ3) is 3.09. The number of hydrogen-bond donors (Lipinski definition) is 1. The number of carbonyl (C=O) groups excluding carboxylic acids is 2. The van der Waals surface area contributed by atoms with Gasteiger partial charge in [-0.3, -0.25) is 14.5 Å². The first-order chi connectivity index (χ1) is 11.0. The zero-order chi connectivity index (χ0) is 16.6. The Balaban J connectivity index is 1.70. The van der Waals surface area contributed by atoms with Gasteiger partial charge in [-0.1, -0.05) is 42.1 Å². The van der Waals surface area contributed by atoms with E-state index in [1.165, 1.54) is 21.6 Å².